The van der Waals surface area contributed by atoms with Gasteiger partial charge in [0, 0.05) is 23.4 Å². The van der Waals surface area contributed by atoms with Crippen molar-refractivity contribution in [3.8, 4) is 5.75 Å². The van der Waals surface area contributed by atoms with Crippen molar-refractivity contribution < 1.29 is 24.2 Å². The number of hydrogen-bond acceptors (Lipinski definition) is 6. The van der Waals surface area contributed by atoms with Gasteiger partial charge in [-0.2, -0.15) is 12.6 Å². The topological polar surface area (TPSA) is 108 Å². The van der Waals surface area contributed by atoms with Gasteiger partial charge in [0.1, 0.15) is 23.4 Å². The predicted octanol–water partition coefficient (Wildman–Crippen LogP) is 4.19. The monoisotopic (exact) mass is 495 g/mol. The molecular formula is C25H41N3O5S. The van der Waals surface area contributed by atoms with Gasteiger partial charge >= 0.3 is 6.09 Å². The van der Waals surface area contributed by atoms with E-state index in [1.807, 2.05) is 27.7 Å². The number of unbranched alkanes of at least 4 members (excludes halogenated alkanes) is 1. The molecule has 1 rings (SSSR count). The summed E-state index contributed by atoms with van der Waals surface area (Å²) in [6.07, 6.45) is 1.45. The van der Waals surface area contributed by atoms with Crippen LogP contribution in [-0.2, 0) is 14.3 Å². The average Bonchev–Trinajstić information content (AvgIpc) is 2.74. The summed E-state index contributed by atoms with van der Waals surface area (Å²) >= 11 is 4.29. The van der Waals surface area contributed by atoms with Crippen molar-refractivity contribution in [1.29, 1.82) is 0 Å². The second kappa shape index (κ2) is 12.9. The van der Waals surface area contributed by atoms with E-state index in [1.54, 1.807) is 39.0 Å². The van der Waals surface area contributed by atoms with Gasteiger partial charge < -0.3 is 25.4 Å². The summed E-state index contributed by atoms with van der Waals surface area (Å²) in [7, 11) is 0. The minimum absolute atomic E-state index is 0.000679. The molecule has 192 valence electrons. The molecule has 2 unspecified atom stereocenters. The van der Waals surface area contributed by atoms with E-state index in [0.29, 0.717) is 18.5 Å². The zero-order chi connectivity index (χ0) is 26.1. The van der Waals surface area contributed by atoms with Crippen LogP contribution in [0, 0.1) is 0 Å². The normalized spacial score (nSPS) is 13.5. The number of hydrogen-bond donors (Lipinski definition) is 4. The van der Waals surface area contributed by atoms with E-state index in [4.69, 9.17) is 4.74 Å². The summed E-state index contributed by atoms with van der Waals surface area (Å²) in [5.74, 6) is -0.990. The molecule has 0 saturated heterocycles. The second-order valence-electron chi connectivity index (χ2n) is 9.86. The van der Waals surface area contributed by atoms with Crippen molar-refractivity contribution in [1.82, 2.24) is 15.5 Å². The van der Waals surface area contributed by atoms with E-state index < -0.39 is 41.1 Å². The Kier molecular flexibility index (Phi) is 11.2. The second-order valence-corrected chi connectivity index (χ2v) is 10.2. The van der Waals surface area contributed by atoms with E-state index in [2.05, 4.69) is 23.3 Å². The van der Waals surface area contributed by atoms with Crippen LogP contribution in [0.4, 0.5) is 4.79 Å². The van der Waals surface area contributed by atoms with Gasteiger partial charge in [0.05, 0.1) is 0 Å². The third-order valence-corrected chi connectivity index (χ3v) is 5.86. The fourth-order valence-corrected chi connectivity index (χ4v) is 3.60. The number of benzene rings is 1. The van der Waals surface area contributed by atoms with Gasteiger partial charge in [0.25, 0.3) is 0 Å². The molecule has 0 radical (unpaired) electrons. The van der Waals surface area contributed by atoms with Gasteiger partial charge in [-0.15, -0.1) is 0 Å². The molecule has 3 amide bonds. The first-order chi connectivity index (χ1) is 15.8. The van der Waals surface area contributed by atoms with E-state index in [0.717, 1.165) is 12.8 Å². The molecule has 2 atom stereocenters. The van der Waals surface area contributed by atoms with Gasteiger partial charge in [0.15, 0.2) is 0 Å². The third kappa shape index (κ3) is 8.42. The van der Waals surface area contributed by atoms with Crippen LogP contribution in [-0.4, -0.2) is 57.4 Å². The Balaban J connectivity index is 3.50. The maximum atomic E-state index is 13.9. The van der Waals surface area contributed by atoms with Gasteiger partial charge in [0.2, 0.25) is 11.8 Å². The summed E-state index contributed by atoms with van der Waals surface area (Å²) in [5, 5.41) is 16.1. The lowest BCUT2D eigenvalue weighted by atomic mass is 9.91. The maximum Gasteiger partial charge on any atom is 0.408 e. The number of alkyl carbamates (subject to hydrolysis) is 1. The highest BCUT2D eigenvalue weighted by molar-refractivity contribution is 7.80. The third-order valence-electron chi connectivity index (χ3n) is 5.49. The predicted molar refractivity (Wildman–Crippen MR) is 137 cm³/mol. The number of amides is 3. The maximum absolute atomic E-state index is 13.9. The highest BCUT2D eigenvalue weighted by atomic mass is 32.1. The van der Waals surface area contributed by atoms with Crippen molar-refractivity contribution in [2.75, 3.05) is 12.3 Å². The van der Waals surface area contributed by atoms with Crippen molar-refractivity contribution in [3.05, 3.63) is 29.8 Å². The van der Waals surface area contributed by atoms with E-state index in [-0.39, 0.29) is 11.5 Å². The number of nitrogens with one attached hydrogen (secondary N) is 2. The van der Waals surface area contributed by atoms with E-state index >= 15 is 0 Å². The Morgan fingerprint density at radius 2 is 1.74 bits per heavy atom. The minimum atomic E-state index is -1.11. The van der Waals surface area contributed by atoms with Crippen molar-refractivity contribution in [3.63, 3.8) is 0 Å². The smallest absolute Gasteiger partial charge is 0.408 e. The first-order valence-electron chi connectivity index (χ1n) is 11.8. The van der Waals surface area contributed by atoms with Gasteiger partial charge in [-0.1, -0.05) is 38.5 Å². The summed E-state index contributed by atoms with van der Waals surface area (Å²) in [6.45, 7) is 13.2. The summed E-state index contributed by atoms with van der Waals surface area (Å²) in [6, 6.07) is 4.32. The highest BCUT2D eigenvalue weighted by Crippen LogP contribution is 2.35. The summed E-state index contributed by atoms with van der Waals surface area (Å²) in [4.78, 5) is 41.2. The number of phenols is 1. The largest absolute Gasteiger partial charge is 0.508 e. The van der Waals surface area contributed by atoms with Gasteiger partial charge in [-0.3, -0.25) is 9.59 Å². The SMILES string of the molecule is CCCCNC(=O)C(c1ccccc1O)N(C(=O)C(CS)NC(=O)OC(C)(C)C)C(C)(C)CC. The van der Waals surface area contributed by atoms with E-state index in [9.17, 15) is 19.5 Å². The van der Waals surface area contributed by atoms with Gasteiger partial charge in [-0.25, -0.2) is 4.79 Å². The molecule has 8 nitrogen and oxygen atoms in total. The number of ether oxygens (including phenoxy) is 1. The van der Waals surface area contributed by atoms with Crippen LogP contribution in [0.15, 0.2) is 24.3 Å². The van der Waals surface area contributed by atoms with Crippen LogP contribution >= 0.6 is 12.6 Å². The fourth-order valence-electron chi connectivity index (χ4n) is 3.35. The van der Waals surface area contributed by atoms with Crippen LogP contribution in [0.5, 0.6) is 5.75 Å². The lowest BCUT2D eigenvalue weighted by Crippen LogP contribution is -2.60. The molecule has 1 aromatic rings. The number of para-hydroxylation sites is 1. The molecule has 0 heterocycles. The molecule has 0 aromatic heterocycles. The number of phenolic OH excluding ortho intramolecular Hbond substituents is 1. The standard InChI is InChI=1S/C25H41N3O5S/c1-8-10-15-26-21(30)20(17-13-11-12-14-19(17)29)28(25(6,7)9-2)22(31)18(16-34)27-23(32)33-24(3,4)5/h11-14,18,20,29,34H,8-10,15-16H2,1-7H3,(H,26,30)(H,27,32). The van der Waals surface area contributed by atoms with Gasteiger partial charge in [-0.05, 0) is 53.5 Å². The molecule has 0 spiro atoms. The molecule has 3 N–H and O–H groups in total. The Labute approximate surface area is 209 Å². The number of thiol groups is 1. The highest BCUT2D eigenvalue weighted by Gasteiger charge is 2.43. The molecular weight excluding hydrogens is 454 g/mol. The van der Waals surface area contributed by atoms with Crippen molar-refractivity contribution >= 4 is 30.5 Å². The first-order valence-corrected chi connectivity index (χ1v) is 12.4. The summed E-state index contributed by atoms with van der Waals surface area (Å²) in [5.41, 5.74) is -1.22. The Bertz CT molecular complexity index is 838. The van der Waals surface area contributed by atoms with Crippen LogP contribution < -0.4 is 10.6 Å². The molecule has 0 saturated carbocycles. The molecule has 0 aliphatic rings. The van der Waals surface area contributed by atoms with Crippen molar-refractivity contribution in [2.45, 2.75) is 91.0 Å². The molecule has 9 heteroatoms. The number of aromatic hydroxyl groups is 1. The quantitative estimate of drug-likeness (QED) is 0.272. The summed E-state index contributed by atoms with van der Waals surface area (Å²) < 4.78 is 5.32. The Morgan fingerprint density at radius 3 is 2.24 bits per heavy atom. The first kappa shape index (κ1) is 29.6. The fraction of sp³-hybridized carbons (Fsp3) is 0.640. The van der Waals surface area contributed by atoms with Crippen molar-refractivity contribution in [2.24, 2.45) is 0 Å². The Morgan fingerprint density at radius 1 is 1.12 bits per heavy atom. The molecule has 34 heavy (non-hydrogen) atoms. The number of carbonyl (C=O) groups is 3. The molecule has 0 fully saturated rings. The zero-order valence-electron chi connectivity index (χ0n) is 21.5. The number of carbonyl (C=O) groups excluding carboxylic acids is 3. The molecule has 0 aliphatic heterocycles. The zero-order valence-corrected chi connectivity index (χ0v) is 22.4. The Hall–Kier alpha value is -2.42. The lowest BCUT2D eigenvalue weighted by Gasteiger charge is -2.44. The average molecular weight is 496 g/mol. The van der Waals surface area contributed by atoms with Crippen LogP contribution in [0.1, 0.15) is 79.3 Å². The number of rotatable bonds is 11. The molecule has 1 aromatic carbocycles. The molecule has 0 aliphatic carbocycles. The van der Waals surface area contributed by atoms with E-state index in [1.165, 1.54) is 11.0 Å². The van der Waals surface area contributed by atoms with Crippen LogP contribution in [0.25, 0.3) is 0 Å². The molecule has 0 bridgehead atoms. The minimum Gasteiger partial charge on any atom is -0.508 e. The lowest BCUT2D eigenvalue weighted by molar-refractivity contribution is -0.149. The number of nitrogens with zero attached hydrogens (tertiary/aromatic N) is 1. The van der Waals surface area contributed by atoms with Crippen LogP contribution in [0.3, 0.4) is 0 Å². The van der Waals surface area contributed by atoms with Crippen LogP contribution in [0.2, 0.25) is 0 Å².